The van der Waals surface area contributed by atoms with E-state index in [1.54, 1.807) is 0 Å². The minimum absolute atomic E-state index is 0.186. The fraction of sp³-hybridized carbons (Fsp3) is 0.667. The molecule has 0 heterocycles. The van der Waals surface area contributed by atoms with Crippen molar-refractivity contribution in [2.24, 2.45) is 0 Å². The van der Waals surface area contributed by atoms with E-state index in [4.69, 9.17) is 0 Å². The first-order chi connectivity index (χ1) is 5.19. The van der Waals surface area contributed by atoms with Crippen LogP contribution in [-0.2, 0) is 4.79 Å². The number of carbonyl (C=O) groups excluding carboxylic acids is 1. The molecule has 0 saturated heterocycles. The number of halogens is 1. The van der Waals surface area contributed by atoms with Crippen LogP contribution in [0, 0.1) is 0 Å². The molecule has 0 bridgehead atoms. The lowest BCUT2D eigenvalue weighted by atomic mass is 9.83. The number of hydrogen-bond donors (Lipinski definition) is 0. The molecule has 1 atom stereocenters. The Labute approximate surface area is 66.3 Å². The van der Waals surface area contributed by atoms with Crippen molar-refractivity contribution in [1.82, 2.24) is 0 Å². The van der Waals surface area contributed by atoms with E-state index in [-0.39, 0.29) is 12.2 Å². The van der Waals surface area contributed by atoms with Crippen LogP contribution in [0.3, 0.4) is 0 Å². The quantitative estimate of drug-likeness (QED) is 0.561. The Morgan fingerprint density at radius 2 is 2.36 bits per heavy atom. The number of rotatable bonds is 2. The van der Waals surface area contributed by atoms with Crippen molar-refractivity contribution < 1.29 is 9.18 Å². The molecular formula is C9H13FO. The largest absolute Gasteiger partial charge is 0.296 e. The summed E-state index contributed by atoms with van der Waals surface area (Å²) in [6, 6.07) is 0. The zero-order chi connectivity index (χ0) is 8.32. The number of allylic oxidation sites excluding steroid dienone is 1. The summed E-state index contributed by atoms with van der Waals surface area (Å²) in [6.45, 7) is 3.44. The highest BCUT2D eigenvalue weighted by atomic mass is 19.1. The maximum absolute atomic E-state index is 13.5. The third-order valence-corrected chi connectivity index (χ3v) is 2.19. The summed E-state index contributed by atoms with van der Waals surface area (Å²) in [4.78, 5) is 11.1. The highest BCUT2D eigenvalue weighted by molar-refractivity contribution is 5.88. The zero-order valence-corrected chi connectivity index (χ0v) is 6.61. The fourth-order valence-electron chi connectivity index (χ4n) is 1.50. The lowest BCUT2D eigenvalue weighted by Gasteiger charge is -2.26. The van der Waals surface area contributed by atoms with Gasteiger partial charge in [0, 0.05) is 12.8 Å². The van der Waals surface area contributed by atoms with Gasteiger partial charge in [-0.3, -0.25) is 4.79 Å². The van der Waals surface area contributed by atoms with E-state index in [2.05, 4.69) is 6.58 Å². The Bertz CT molecular complexity index is 176. The first kappa shape index (κ1) is 8.44. The van der Waals surface area contributed by atoms with Crippen LogP contribution in [0.2, 0.25) is 0 Å². The summed E-state index contributed by atoms with van der Waals surface area (Å²) in [5, 5.41) is 0. The Balaban J connectivity index is 2.64. The van der Waals surface area contributed by atoms with Gasteiger partial charge in [0.15, 0.2) is 11.5 Å². The molecule has 0 aliphatic heterocycles. The Morgan fingerprint density at radius 1 is 1.64 bits per heavy atom. The van der Waals surface area contributed by atoms with Crippen LogP contribution in [0.25, 0.3) is 0 Å². The number of hydrogen-bond acceptors (Lipinski definition) is 1. The highest BCUT2D eigenvalue weighted by Gasteiger charge is 2.38. The predicted octanol–water partition coefficient (Wildman–Crippen LogP) is 2.41. The molecule has 2 heteroatoms. The molecule has 1 aliphatic rings. The lowest BCUT2D eigenvalue weighted by Crippen LogP contribution is -2.36. The van der Waals surface area contributed by atoms with Crippen LogP contribution < -0.4 is 0 Å². The Morgan fingerprint density at radius 3 is 2.91 bits per heavy atom. The third kappa shape index (κ3) is 1.67. The Kier molecular flexibility index (Phi) is 2.42. The topological polar surface area (TPSA) is 17.1 Å². The molecule has 0 radical (unpaired) electrons. The number of ketones is 1. The predicted molar refractivity (Wildman–Crippen MR) is 42.1 cm³/mol. The van der Waals surface area contributed by atoms with Gasteiger partial charge in [-0.1, -0.05) is 6.08 Å². The molecule has 0 amide bonds. The van der Waals surface area contributed by atoms with E-state index < -0.39 is 5.67 Å². The molecule has 1 rings (SSSR count). The zero-order valence-electron chi connectivity index (χ0n) is 6.61. The van der Waals surface area contributed by atoms with Gasteiger partial charge in [-0.25, -0.2) is 4.39 Å². The molecule has 1 aliphatic carbocycles. The van der Waals surface area contributed by atoms with Crippen LogP contribution in [0.5, 0.6) is 0 Å². The van der Waals surface area contributed by atoms with Crippen molar-refractivity contribution in [3.8, 4) is 0 Å². The van der Waals surface area contributed by atoms with E-state index in [9.17, 15) is 9.18 Å². The molecule has 11 heavy (non-hydrogen) atoms. The molecule has 0 aromatic carbocycles. The third-order valence-electron chi connectivity index (χ3n) is 2.19. The summed E-state index contributed by atoms with van der Waals surface area (Å²) >= 11 is 0. The summed E-state index contributed by atoms with van der Waals surface area (Å²) < 4.78 is 13.5. The molecule has 1 fully saturated rings. The SMILES string of the molecule is C=CC[C@]1(F)CCCCC1=O. The number of Topliss-reactive ketones (excluding diaryl/α,β-unsaturated/α-hetero) is 1. The van der Waals surface area contributed by atoms with E-state index in [1.165, 1.54) is 6.08 Å². The van der Waals surface area contributed by atoms with E-state index in [1.807, 2.05) is 0 Å². The monoisotopic (exact) mass is 156 g/mol. The van der Waals surface area contributed by atoms with Crippen LogP contribution in [0.4, 0.5) is 4.39 Å². The maximum Gasteiger partial charge on any atom is 0.172 e. The van der Waals surface area contributed by atoms with Gasteiger partial charge in [0.2, 0.25) is 0 Å². The van der Waals surface area contributed by atoms with Crippen molar-refractivity contribution >= 4 is 5.78 Å². The Hall–Kier alpha value is -0.660. The smallest absolute Gasteiger partial charge is 0.172 e. The second-order valence-electron chi connectivity index (χ2n) is 3.09. The molecular weight excluding hydrogens is 143 g/mol. The van der Waals surface area contributed by atoms with E-state index in [0.717, 1.165) is 12.8 Å². The second kappa shape index (κ2) is 3.16. The first-order valence-electron chi connectivity index (χ1n) is 4.02. The van der Waals surface area contributed by atoms with Crippen LogP contribution in [-0.4, -0.2) is 11.5 Å². The van der Waals surface area contributed by atoms with Crippen LogP contribution in [0.15, 0.2) is 12.7 Å². The molecule has 0 unspecified atom stereocenters. The number of carbonyl (C=O) groups is 1. The van der Waals surface area contributed by atoms with Gasteiger partial charge in [-0.15, -0.1) is 6.58 Å². The van der Waals surface area contributed by atoms with Gasteiger partial charge in [0.25, 0.3) is 0 Å². The highest BCUT2D eigenvalue weighted by Crippen LogP contribution is 2.31. The maximum atomic E-state index is 13.5. The van der Waals surface area contributed by atoms with Gasteiger partial charge in [0.1, 0.15) is 0 Å². The second-order valence-corrected chi connectivity index (χ2v) is 3.09. The van der Waals surface area contributed by atoms with E-state index >= 15 is 0 Å². The first-order valence-corrected chi connectivity index (χ1v) is 4.02. The molecule has 62 valence electrons. The molecule has 0 spiro atoms. The molecule has 1 saturated carbocycles. The fourth-order valence-corrected chi connectivity index (χ4v) is 1.50. The molecule has 1 nitrogen and oxygen atoms in total. The van der Waals surface area contributed by atoms with Crippen LogP contribution in [0.1, 0.15) is 32.1 Å². The average Bonchev–Trinajstić information content (AvgIpc) is 1.96. The minimum atomic E-state index is -1.57. The minimum Gasteiger partial charge on any atom is -0.296 e. The normalized spacial score (nSPS) is 31.9. The average molecular weight is 156 g/mol. The van der Waals surface area contributed by atoms with Crippen molar-refractivity contribution in [1.29, 1.82) is 0 Å². The summed E-state index contributed by atoms with van der Waals surface area (Å²) in [7, 11) is 0. The summed E-state index contributed by atoms with van der Waals surface area (Å²) in [5.41, 5.74) is -1.57. The van der Waals surface area contributed by atoms with E-state index in [0.29, 0.717) is 12.8 Å². The van der Waals surface area contributed by atoms with Crippen molar-refractivity contribution in [2.75, 3.05) is 0 Å². The van der Waals surface area contributed by atoms with Gasteiger partial charge in [-0.2, -0.15) is 0 Å². The van der Waals surface area contributed by atoms with Gasteiger partial charge < -0.3 is 0 Å². The van der Waals surface area contributed by atoms with Gasteiger partial charge in [0.05, 0.1) is 0 Å². The molecule has 0 aromatic heterocycles. The van der Waals surface area contributed by atoms with Crippen LogP contribution >= 0.6 is 0 Å². The summed E-state index contributed by atoms with van der Waals surface area (Å²) in [6.07, 6.45) is 4.15. The summed E-state index contributed by atoms with van der Waals surface area (Å²) in [5.74, 6) is -0.233. The molecule has 0 aromatic rings. The standard InChI is InChI=1S/C9H13FO/c1-2-6-9(10)7-4-3-5-8(9)11/h2H,1,3-7H2/t9-/m0/s1. The van der Waals surface area contributed by atoms with Gasteiger partial charge in [-0.05, 0) is 19.3 Å². The number of alkyl halides is 1. The molecule has 0 N–H and O–H groups in total. The van der Waals surface area contributed by atoms with Crippen molar-refractivity contribution in [3.63, 3.8) is 0 Å². The lowest BCUT2D eigenvalue weighted by molar-refractivity contribution is -0.133. The van der Waals surface area contributed by atoms with Crippen molar-refractivity contribution in [3.05, 3.63) is 12.7 Å². The van der Waals surface area contributed by atoms with Crippen molar-refractivity contribution in [2.45, 2.75) is 37.8 Å². The van der Waals surface area contributed by atoms with Gasteiger partial charge >= 0.3 is 0 Å².